The van der Waals surface area contributed by atoms with Crippen molar-refractivity contribution in [1.29, 1.82) is 0 Å². The van der Waals surface area contributed by atoms with Crippen LogP contribution in [0.4, 0.5) is 5.82 Å². The maximum atomic E-state index is 13.8. The van der Waals surface area contributed by atoms with E-state index >= 15 is 0 Å². The lowest BCUT2D eigenvalue weighted by molar-refractivity contribution is -0.128. The quantitative estimate of drug-likeness (QED) is 0.356. The van der Waals surface area contributed by atoms with Gasteiger partial charge in [0.05, 0.1) is 11.1 Å². The van der Waals surface area contributed by atoms with Crippen LogP contribution >= 0.6 is 11.3 Å². The van der Waals surface area contributed by atoms with Crippen LogP contribution in [0.2, 0.25) is 0 Å². The van der Waals surface area contributed by atoms with Crippen molar-refractivity contribution in [2.24, 2.45) is 22.7 Å². The molecule has 7 nitrogen and oxygen atoms in total. The van der Waals surface area contributed by atoms with Gasteiger partial charge in [-0.25, -0.2) is 18.4 Å². The van der Waals surface area contributed by atoms with E-state index in [0.717, 1.165) is 48.6 Å². The molecule has 7 rings (SSSR count). The largest absolute Gasteiger partial charge is 0.353 e. The number of nitrogens with zero attached hydrogens (tertiary/aromatic N) is 4. The Labute approximate surface area is 253 Å². The number of rotatable bonds is 7. The number of hydrogen-bond acceptors (Lipinski definition) is 7. The summed E-state index contributed by atoms with van der Waals surface area (Å²) in [7, 11) is -3.56. The van der Waals surface area contributed by atoms with Gasteiger partial charge in [-0.1, -0.05) is 51.1 Å². The van der Waals surface area contributed by atoms with Gasteiger partial charge < -0.3 is 4.90 Å². The maximum Gasteiger partial charge on any atom is 0.215 e. The number of carbonyl (C=O) groups is 1. The Kier molecular flexibility index (Phi) is 7.02. The van der Waals surface area contributed by atoms with Gasteiger partial charge in [-0.05, 0) is 66.9 Å². The van der Waals surface area contributed by atoms with Gasteiger partial charge in [0.2, 0.25) is 10.0 Å². The summed E-state index contributed by atoms with van der Waals surface area (Å²) >= 11 is 1.83. The first-order chi connectivity index (χ1) is 20.1. The van der Waals surface area contributed by atoms with Gasteiger partial charge in [0.25, 0.3) is 0 Å². The Morgan fingerprint density at radius 1 is 1.00 bits per heavy atom. The summed E-state index contributed by atoms with van der Waals surface area (Å²) in [6.45, 7) is 8.59. The standard InChI is InChI=1S/C33H42N4O3S2/c1-22-9-11-25-26(19-22)41-31-29(25)30(34-28(35-31)12-10-23-7-5-4-6-8-23)36-15-17-37(18-16-36)42(39,40)21-33-14-13-24(20-27(33)38)32(33,2)3/h4-8,22,24H,9-21H2,1-3H3. The molecule has 3 unspecified atom stereocenters. The van der Waals surface area contributed by atoms with E-state index in [4.69, 9.17) is 9.97 Å². The molecule has 0 spiro atoms. The highest BCUT2D eigenvalue weighted by atomic mass is 32.2. The molecule has 0 N–H and O–H groups in total. The van der Waals surface area contributed by atoms with Crippen LogP contribution in [0.15, 0.2) is 30.3 Å². The smallest absolute Gasteiger partial charge is 0.215 e. The summed E-state index contributed by atoms with van der Waals surface area (Å²) in [4.78, 5) is 28.1. The van der Waals surface area contributed by atoms with Crippen molar-refractivity contribution in [2.45, 2.75) is 72.1 Å². The molecule has 3 atom stereocenters. The van der Waals surface area contributed by atoms with Gasteiger partial charge in [0.15, 0.2) is 0 Å². The first-order valence-corrected chi connectivity index (χ1v) is 18.1. The molecule has 42 heavy (non-hydrogen) atoms. The first-order valence-electron chi connectivity index (χ1n) is 15.7. The van der Waals surface area contributed by atoms with E-state index in [1.807, 2.05) is 17.4 Å². The van der Waals surface area contributed by atoms with E-state index in [1.165, 1.54) is 27.8 Å². The van der Waals surface area contributed by atoms with Crippen molar-refractivity contribution < 1.29 is 13.2 Å². The molecule has 1 aromatic carbocycles. The number of Topliss-reactive ketones (excluding diaryl/α,β-unsaturated/α-hetero) is 1. The van der Waals surface area contributed by atoms with Gasteiger partial charge in [0.1, 0.15) is 22.3 Å². The van der Waals surface area contributed by atoms with Crippen LogP contribution < -0.4 is 4.90 Å². The Morgan fingerprint density at radius 2 is 1.76 bits per heavy atom. The van der Waals surface area contributed by atoms with Crippen molar-refractivity contribution in [3.05, 3.63) is 52.2 Å². The highest BCUT2D eigenvalue weighted by Crippen LogP contribution is 2.64. The summed E-state index contributed by atoms with van der Waals surface area (Å²) < 4.78 is 29.2. The fourth-order valence-corrected chi connectivity index (χ4v) is 11.9. The minimum Gasteiger partial charge on any atom is -0.353 e. The third kappa shape index (κ3) is 4.61. The van der Waals surface area contributed by atoms with Crippen molar-refractivity contribution in [1.82, 2.24) is 14.3 Å². The Hall–Kier alpha value is -2.36. The highest BCUT2D eigenvalue weighted by molar-refractivity contribution is 7.89. The molecule has 3 fully saturated rings. The molecular formula is C33H42N4O3S2. The number of carbonyl (C=O) groups excluding carboxylic acids is 1. The maximum absolute atomic E-state index is 13.8. The molecule has 0 amide bonds. The Balaban J connectivity index is 1.14. The average Bonchev–Trinajstić information content (AvgIpc) is 3.51. The summed E-state index contributed by atoms with van der Waals surface area (Å²) in [5, 5.41) is 1.19. The molecule has 0 radical (unpaired) electrons. The third-order valence-corrected chi connectivity index (χ3v) is 14.3. The van der Waals surface area contributed by atoms with Crippen LogP contribution in [-0.4, -0.2) is 60.4 Å². The van der Waals surface area contributed by atoms with E-state index in [1.54, 1.807) is 4.31 Å². The number of ketones is 1. The molecule has 4 aliphatic rings. The lowest BCUT2D eigenvalue weighted by Crippen LogP contribution is -2.53. The predicted molar refractivity (Wildman–Crippen MR) is 169 cm³/mol. The van der Waals surface area contributed by atoms with Gasteiger partial charge >= 0.3 is 0 Å². The van der Waals surface area contributed by atoms with E-state index in [-0.39, 0.29) is 17.0 Å². The lowest BCUT2D eigenvalue weighted by Gasteiger charge is -2.40. The van der Waals surface area contributed by atoms with Gasteiger partial charge in [-0.2, -0.15) is 4.31 Å². The fraction of sp³-hybridized carbons (Fsp3) is 0.606. The van der Waals surface area contributed by atoms with Crippen LogP contribution in [0.5, 0.6) is 0 Å². The second kappa shape index (κ2) is 10.4. The molecule has 3 aliphatic carbocycles. The van der Waals surface area contributed by atoms with E-state index < -0.39 is 15.4 Å². The monoisotopic (exact) mass is 606 g/mol. The van der Waals surface area contributed by atoms with Gasteiger partial charge in [0, 0.05) is 49.3 Å². The molecule has 9 heteroatoms. The summed E-state index contributed by atoms with van der Waals surface area (Å²) in [6.07, 6.45) is 7.19. The number of anilines is 1. The van der Waals surface area contributed by atoms with Crippen molar-refractivity contribution in [3.63, 3.8) is 0 Å². The number of sulfonamides is 1. The zero-order chi connectivity index (χ0) is 29.3. The molecule has 3 heterocycles. The Morgan fingerprint density at radius 3 is 2.45 bits per heavy atom. The third-order valence-electron chi connectivity index (χ3n) is 11.2. The summed E-state index contributed by atoms with van der Waals surface area (Å²) in [6, 6.07) is 10.5. The minimum absolute atomic E-state index is 0.0417. The molecule has 2 aromatic heterocycles. The van der Waals surface area contributed by atoms with Crippen LogP contribution in [0.25, 0.3) is 10.2 Å². The first kappa shape index (κ1) is 28.4. The number of aryl methyl sites for hydroxylation is 3. The summed E-state index contributed by atoms with van der Waals surface area (Å²) in [5.74, 6) is 2.96. The molecule has 224 valence electrons. The van der Waals surface area contributed by atoms with E-state index in [2.05, 4.69) is 49.9 Å². The number of fused-ring (bicyclic) bond motifs is 5. The van der Waals surface area contributed by atoms with Crippen LogP contribution in [0, 0.1) is 22.7 Å². The predicted octanol–water partition coefficient (Wildman–Crippen LogP) is 5.45. The highest BCUT2D eigenvalue weighted by Gasteiger charge is 2.65. The zero-order valence-corrected chi connectivity index (χ0v) is 26.7. The molecular weight excluding hydrogens is 565 g/mol. The van der Waals surface area contributed by atoms with Crippen molar-refractivity contribution in [2.75, 3.05) is 36.8 Å². The minimum atomic E-state index is -3.56. The Bertz CT molecular complexity index is 1630. The van der Waals surface area contributed by atoms with Crippen molar-refractivity contribution in [3.8, 4) is 0 Å². The molecule has 1 aliphatic heterocycles. The topological polar surface area (TPSA) is 83.5 Å². The SMILES string of the molecule is CC1CCc2c(sc3nc(CCc4ccccc4)nc(N4CCN(S(=O)(=O)CC56CCC(CC5=O)C6(C)C)CC4)c23)C1. The average molecular weight is 607 g/mol. The number of benzene rings is 1. The van der Waals surface area contributed by atoms with Gasteiger partial charge in [-0.15, -0.1) is 11.3 Å². The molecule has 1 saturated heterocycles. The number of hydrogen-bond donors (Lipinski definition) is 0. The fourth-order valence-electron chi connectivity index (χ4n) is 8.30. The lowest BCUT2D eigenvalue weighted by atomic mass is 9.70. The number of thiophene rings is 1. The second-order valence-electron chi connectivity index (χ2n) is 13.8. The number of piperazine rings is 1. The molecule has 2 saturated carbocycles. The normalized spacial score (nSPS) is 27.6. The van der Waals surface area contributed by atoms with E-state index in [9.17, 15) is 13.2 Å². The summed E-state index contributed by atoms with van der Waals surface area (Å²) in [5.41, 5.74) is 1.70. The molecule has 2 bridgehead atoms. The molecule has 3 aromatic rings. The van der Waals surface area contributed by atoms with Gasteiger partial charge in [-0.3, -0.25) is 4.79 Å². The second-order valence-corrected chi connectivity index (χ2v) is 16.8. The number of aromatic nitrogens is 2. The van der Waals surface area contributed by atoms with Crippen LogP contribution in [-0.2, 0) is 40.5 Å². The van der Waals surface area contributed by atoms with Crippen LogP contribution in [0.1, 0.15) is 68.3 Å². The van der Waals surface area contributed by atoms with Crippen LogP contribution in [0.3, 0.4) is 0 Å². The van der Waals surface area contributed by atoms with E-state index in [0.29, 0.717) is 50.9 Å². The zero-order valence-electron chi connectivity index (χ0n) is 25.1. The van der Waals surface area contributed by atoms with Crippen molar-refractivity contribution >= 4 is 43.2 Å².